The van der Waals surface area contributed by atoms with Crippen LogP contribution in [0.1, 0.15) is 36.5 Å². The molecule has 0 saturated carbocycles. The van der Waals surface area contributed by atoms with Gasteiger partial charge in [0.15, 0.2) is 0 Å². The Kier molecular flexibility index (Phi) is 10.7. The second kappa shape index (κ2) is 14.0. The fourth-order valence-electron chi connectivity index (χ4n) is 3.75. The smallest absolute Gasteiger partial charge is 0.243 e. The zero-order chi connectivity index (χ0) is 25.0. The normalized spacial score (nSPS) is 11.6. The molecule has 0 aliphatic carbocycles. The van der Waals surface area contributed by atoms with E-state index in [1.807, 2.05) is 85.8 Å². The highest BCUT2D eigenvalue weighted by Gasteiger charge is 2.30. The predicted octanol–water partition coefficient (Wildman–Crippen LogP) is 6.30. The third-order valence-electron chi connectivity index (χ3n) is 5.73. The lowest BCUT2D eigenvalue weighted by molar-refractivity contribution is -0.139. The van der Waals surface area contributed by atoms with Crippen LogP contribution in [-0.4, -0.2) is 35.1 Å². The van der Waals surface area contributed by atoms with Crippen molar-refractivity contribution in [3.8, 4) is 0 Å². The van der Waals surface area contributed by atoms with Crippen LogP contribution in [0.4, 0.5) is 0 Å². The maximum Gasteiger partial charge on any atom is 0.243 e. The molecule has 0 saturated heterocycles. The van der Waals surface area contributed by atoms with Crippen molar-refractivity contribution in [2.45, 2.75) is 50.6 Å². The van der Waals surface area contributed by atoms with Crippen molar-refractivity contribution >= 4 is 35.2 Å². The van der Waals surface area contributed by atoms with Crippen molar-refractivity contribution in [3.63, 3.8) is 0 Å². The Morgan fingerprint density at radius 1 is 0.971 bits per heavy atom. The summed E-state index contributed by atoms with van der Waals surface area (Å²) in [5.74, 6) is 0.0390. The van der Waals surface area contributed by atoms with Gasteiger partial charge in [0.25, 0.3) is 0 Å². The number of carbonyl (C=O) groups is 2. The van der Waals surface area contributed by atoms with Crippen LogP contribution in [-0.2, 0) is 22.6 Å². The second-order valence-electron chi connectivity index (χ2n) is 8.60. The minimum atomic E-state index is -0.626. The van der Waals surface area contributed by atoms with Gasteiger partial charge in [0, 0.05) is 29.4 Å². The Balaban J connectivity index is 1.87. The summed E-state index contributed by atoms with van der Waals surface area (Å²) < 4.78 is 0. The summed E-state index contributed by atoms with van der Waals surface area (Å²) >= 11 is 7.72. The van der Waals surface area contributed by atoms with Gasteiger partial charge in [0.1, 0.15) is 6.04 Å². The number of unbranched alkanes of at least 4 members (excludes halogenated alkanes) is 1. The van der Waals surface area contributed by atoms with E-state index in [1.54, 1.807) is 4.90 Å². The zero-order valence-corrected chi connectivity index (χ0v) is 21.9. The average Bonchev–Trinajstić information content (AvgIpc) is 2.86. The number of halogens is 1. The third kappa shape index (κ3) is 8.75. The molecule has 3 aromatic carbocycles. The van der Waals surface area contributed by atoms with Gasteiger partial charge >= 0.3 is 0 Å². The predicted molar refractivity (Wildman–Crippen MR) is 146 cm³/mol. The van der Waals surface area contributed by atoms with E-state index in [2.05, 4.69) is 12.2 Å². The monoisotopic (exact) mass is 508 g/mol. The Hall–Kier alpha value is -2.76. The average molecular weight is 509 g/mol. The number of thioether (sulfide) groups is 1. The lowest BCUT2D eigenvalue weighted by Crippen LogP contribution is -2.51. The van der Waals surface area contributed by atoms with Gasteiger partial charge in [0.2, 0.25) is 11.8 Å². The van der Waals surface area contributed by atoms with Crippen molar-refractivity contribution in [2.75, 3.05) is 12.3 Å². The van der Waals surface area contributed by atoms with Gasteiger partial charge in [0.05, 0.1) is 5.75 Å². The standard InChI is InChI=1S/C29H33ClN2O2S/c1-3-4-17-31-29(34)27(19-23-9-6-5-7-10-23)32(20-24-11-8-12-25(30)18-24)28(33)21-35-26-15-13-22(2)14-16-26/h5-16,18,27H,3-4,17,19-21H2,1-2H3,(H,31,34)/t27-/m0/s1. The maximum atomic E-state index is 13.6. The van der Waals surface area contributed by atoms with Gasteiger partial charge in [-0.3, -0.25) is 9.59 Å². The van der Waals surface area contributed by atoms with E-state index in [4.69, 9.17) is 11.6 Å². The van der Waals surface area contributed by atoms with E-state index in [0.29, 0.717) is 24.5 Å². The third-order valence-corrected chi connectivity index (χ3v) is 6.96. The van der Waals surface area contributed by atoms with Crippen LogP contribution in [0.2, 0.25) is 5.02 Å². The summed E-state index contributed by atoms with van der Waals surface area (Å²) in [6.07, 6.45) is 2.33. The first-order valence-electron chi connectivity index (χ1n) is 12.0. The summed E-state index contributed by atoms with van der Waals surface area (Å²) in [4.78, 5) is 29.8. The minimum Gasteiger partial charge on any atom is -0.354 e. The molecule has 2 amide bonds. The molecule has 184 valence electrons. The molecule has 0 heterocycles. The molecule has 1 atom stereocenters. The molecule has 3 rings (SSSR count). The van der Waals surface area contributed by atoms with Crippen molar-refractivity contribution in [1.29, 1.82) is 0 Å². The Labute approximate surface area is 218 Å². The molecule has 35 heavy (non-hydrogen) atoms. The first-order valence-corrected chi connectivity index (χ1v) is 13.4. The molecule has 0 aliphatic heterocycles. The van der Waals surface area contributed by atoms with E-state index in [9.17, 15) is 9.59 Å². The van der Waals surface area contributed by atoms with Gasteiger partial charge in [-0.1, -0.05) is 85.1 Å². The SMILES string of the molecule is CCCCNC(=O)[C@H](Cc1ccccc1)N(Cc1cccc(Cl)c1)C(=O)CSc1ccc(C)cc1. The van der Waals surface area contributed by atoms with Crippen LogP contribution in [0.5, 0.6) is 0 Å². The Morgan fingerprint density at radius 2 is 1.69 bits per heavy atom. The van der Waals surface area contributed by atoms with E-state index in [1.165, 1.54) is 17.3 Å². The number of carbonyl (C=O) groups excluding carboxylic acids is 2. The van der Waals surface area contributed by atoms with Gasteiger partial charge in [-0.25, -0.2) is 0 Å². The van der Waals surface area contributed by atoms with Crippen molar-refractivity contribution in [2.24, 2.45) is 0 Å². The van der Waals surface area contributed by atoms with E-state index in [0.717, 1.165) is 28.9 Å². The summed E-state index contributed by atoms with van der Waals surface area (Å²) in [5.41, 5.74) is 3.08. The highest BCUT2D eigenvalue weighted by atomic mass is 35.5. The fraction of sp³-hybridized carbons (Fsp3) is 0.310. The molecule has 6 heteroatoms. The largest absolute Gasteiger partial charge is 0.354 e. The molecule has 4 nitrogen and oxygen atoms in total. The van der Waals surface area contributed by atoms with Crippen LogP contribution in [0.3, 0.4) is 0 Å². The molecular weight excluding hydrogens is 476 g/mol. The number of hydrogen-bond donors (Lipinski definition) is 1. The van der Waals surface area contributed by atoms with Crippen LogP contribution in [0.25, 0.3) is 0 Å². The number of amides is 2. The first-order chi connectivity index (χ1) is 17.0. The van der Waals surface area contributed by atoms with Gasteiger partial charge in [-0.05, 0) is 48.7 Å². The lowest BCUT2D eigenvalue weighted by atomic mass is 10.0. The van der Waals surface area contributed by atoms with E-state index < -0.39 is 6.04 Å². The van der Waals surface area contributed by atoms with Crippen LogP contribution < -0.4 is 5.32 Å². The van der Waals surface area contributed by atoms with Gasteiger partial charge < -0.3 is 10.2 Å². The number of benzene rings is 3. The van der Waals surface area contributed by atoms with Crippen molar-refractivity contribution in [3.05, 3.63) is 101 Å². The molecule has 0 spiro atoms. The highest BCUT2D eigenvalue weighted by molar-refractivity contribution is 8.00. The van der Waals surface area contributed by atoms with Gasteiger partial charge in [-0.15, -0.1) is 11.8 Å². The van der Waals surface area contributed by atoms with Gasteiger partial charge in [-0.2, -0.15) is 0 Å². The summed E-state index contributed by atoms with van der Waals surface area (Å²) in [5, 5.41) is 3.66. The Bertz CT molecular complexity index is 1090. The quantitative estimate of drug-likeness (QED) is 0.231. The van der Waals surface area contributed by atoms with Crippen molar-refractivity contribution < 1.29 is 9.59 Å². The number of hydrogen-bond acceptors (Lipinski definition) is 3. The first kappa shape index (κ1) is 26.8. The number of nitrogens with one attached hydrogen (secondary N) is 1. The number of nitrogens with zero attached hydrogens (tertiary/aromatic N) is 1. The number of aryl methyl sites for hydroxylation is 1. The molecule has 0 unspecified atom stereocenters. The molecule has 0 radical (unpaired) electrons. The summed E-state index contributed by atoms with van der Waals surface area (Å²) in [6, 6.07) is 24.8. The molecule has 0 fully saturated rings. The molecule has 0 aromatic heterocycles. The zero-order valence-electron chi connectivity index (χ0n) is 20.4. The van der Waals surface area contributed by atoms with E-state index >= 15 is 0 Å². The van der Waals surface area contributed by atoms with E-state index in [-0.39, 0.29) is 17.6 Å². The number of rotatable bonds is 12. The summed E-state index contributed by atoms with van der Waals surface area (Å²) in [7, 11) is 0. The topological polar surface area (TPSA) is 49.4 Å². The van der Waals surface area contributed by atoms with Crippen LogP contribution >= 0.6 is 23.4 Å². The molecule has 3 aromatic rings. The van der Waals surface area contributed by atoms with Crippen LogP contribution in [0.15, 0.2) is 83.8 Å². The molecule has 0 bridgehead atoms. The van der Waals surface area contributed by atoms with Crippen LogP contribution in [0, 0.1) is 6.92 Å². The van der Waals surface area contributed by atoms with Crippen molar-refractivity contribution in [1.82, 2.24) is 10.2 Å². The molecular formula is C29H33ClN2O2S. The molecule has 1 N–H and O–H groups in total. The minimum absolute atomic E-state index is 0.0814. The lowest BCUT2D eigenvalue weighted by Gasteiger charge is -2.31. The Morgan fingerprint density at radius 3 is 2.37 bits per heavy atom. The highest BCUT2D eigenvalue weighted by Crippen LogP contribution is 2.22. The summed E-state index contributed by atoms with van der Waals surface area (Å²) in [6.45, 7) is 5.03. The molecule has 0 aliphatic rings. The maximum absolute atomic E-state index is 13.6. The second-order valence-corrected chi connectivity index (χ2v) is 10.1. The fourth-order valence-corrected chi connectivity index (χ4v) is 4.75.